The molecule has 4 nitrogen and oxygen atoms in total. The zero-order chi connectivity index (χ0) is 11.3. The number of rotatable bonds is 5. The van der Waals surface area contributed by atoms with E-state index in [1.165, 1.54) is 0 Å². The van der Waals surface area contributed by atoms with Gasteiger partial charge < -0.3 is 15.6 Å². The molecule has 1 amide bonds. The predicted molar refractivity (Wildman–Crippen MR) is 60.2 cm³/mol. The SMILES string of the molecule is CC(C)NC(=O)CCn1ccc(CN)c1. The molecule has 15 heavy (non-hydrogen) atoms. The maximum absolute atomic E-state index is 11.4. The lowest BCUT2D eigenvalue weighted by Gasteiger charge is -2.08. The first kappa shape index (κ1) is 11.8. The first-order chi connectivity index (χ1) is 7.11. The standard InChI is InChI=1S/C11H19N3O/c1-9(2)13-11(15)4-6-14-5-3-10(7-12)8-14/h3,5,8-9H,4,6-7,12H2,1-2H3,(H,13,15). The van der Waals surface area contributed by atoms with Crippen molar-refractivity contribution in [3.05, 3.63) is 24.0 Å². The van der Waals surface area contributed by atoms with E-state index >= 15 is 0 Å². The molecule has 1 rings (SSSR count). The van der Waals surface area contributed by atoms with Gasteiger partial charge in [-0.2, -0.15) is 0 Å². The number of aryl methyl sites for hydroxylation is 1. The molecule has 0 bridgehead atoms. The number of carbonyl (C=O) groups is 1. The Balaban J connectivity index is 2.33. The van der Waals surface area contributed by atoms with Gasteiger partial charge in [0.1, 0.15) is 0 Å². The molecule has 0 spiro atoms. The number of carbonyl (C=O) groups excluding carboxylic acids is 1. The average molecular weight is 209 g/mol. The van der Waals surface area contributed by atoms with Crippen LogP contribution in [-0.2, 0) is 17.9 Å². The fourth-order valence-corrected chi connectivity index (χ4v) is 1.38. The molecule has 0 saturated carbocycles. The van der Waals surface area contributed by atoms with Gasteiger partial charge >= 0.3 is 0 Å². The van der Waals surface area contributed by atoms with Crippen LogP contribution in [0.1, 0.15) is 25.8 Å². The molecular formula is C11H19N3O. The van der Waals surface area contributed by atoms with E-state index in [0.29, 0.717) is 19.5 Å². The largest absolute Gasteiger partial charge is 0.354 e. The Morgan fingerprint density at radius 2 is 2.33 bits per heavy atom. The normalized spacial score (nSPS) is 10.7. The van der Waals surface area contributed by atoms with Crippen LogP contribution in [0.4, 0.5) is 0 Å². The first-order valence-electron chi connectivity index (χ1n) is 5.26. The van der Waals surface area contributed by atoms with Crippen LogP contribution in [0.25, 0.3) is 0 Å². The average Bonchev–Trinajstić information content (AvgIpc) is 2.61. The maximum atomic E-state index is 11.4. The zero-order valence-electron chi connectivity index (χ0n) is 9.36. The van der Waals surface area contributed by atoms with Gasteiger partial charge in [0.05, 0.1) is 0 Å². The van der Waals surface area contributed by atoms with Crippen LogP contribution in [0.15, 0.2) is 18.5 Å². The summed E-state index contributed by atoms with van der Waals surface area (Å²) >= 11 is 0. The molecule has 0 aliphatic carbocycles. The second-order valence-corrected chi connectivity index (χ2v) is 3.93. The van der Waals surface area contributed by atoms with Crippen LogP contribution in [-0.4, -0.2) is 16.5 Å². The third kappa shape index (κ3) is 4.16. The summed E-state index contributed by atoms with van der Waals surface area (Å²) in [6.45, 7) is 5.17. The highest BCUT2D eigenvalue weighted by molar-refractivity contribution is 5.76. The number of amides is 1. The van der Waals surface area contributed by atoms with Crippen molar-refractivity contribution >= 4 is 5.91 Å². The summed E-state index contributed by atoms with van der Waals surface area (Å²) in [5, 5.41) is 2.86. The van der Waals surface area contributed by atoms with E-state index in [1.54, 1.807) is 0 Å². The van der Waals surface area contributed by atoms with Gasteiger partial charge in [-0.1, -0.05) is 0 Å². The molecule has 0 aromatic carbocycles. The van der Waals surface area contributed by atoms with Crippen molar-refractivity contribution in [3.63, 3.8) is 0 Å². The van der Waals surface area contributed by atoms with Crippen molar-refractivity contribution in [1.82, 2.24) is 9.88 Å². The summed E-state index contributed by atoms with van der Waals surface area (Å²) in [5.74, 6) is 0.0907. The smallest absolute Gasteiger partial charge is 0.221 e. The Kier molecular flexibility index (Phi) is 4.37. The highest BCUT2D eigenvalue weighted by Crippen LogP contribution is 2.01. The quantitative estimate of drug-likeness (QED) is 0.755. The van der Waals surface area contributed by atoms with E-state index in [2.05, 4.69) is 5.32 Å². The number of nitrogens with zero attached hydrogens (tertiary/aromatic N) is 1. The van der Waals surface area contributed by atoms with E-state index in [-0.39, 0.29) is 11.9 Å². The van der Waals surface area contributed by atoms with Crippen molar-refractivity contribution in [2.24, 2.45) is 5.73 Å². The summed E-state index contributed by atoms with van der Waals surface area (Å²) in [4.78, 5) is 11.4. The van der Waals surface area contributed by atoms with Crippen molar-refractivity contribution in [3.8, 4) is 0 Å². The molecule has 0 radical (unpaired) electrons. The van der Waals surface area contributed by atoms with Crippen molar-refractivity contribution in [2.75, 3.05) is 0 Å². The summed E-state index contributed by atoms with van der Waals surface area (Å²) in [6, 6.07) is 2.18. The van der Waals surface area contributed by atoms with Crippen LogP contribution in [0.2, 0.25) is 0 Å². The van der Waals surface area contributed by atoms with Gasteiger partial charge in [0.15, 0.2) is 0 Å². The Bertz CT molecular complexity index is 317. The van der Waals surface area contributed by atoms with E-state index < -0.39 is 0 Å². The summed E-state index contributed by atoms with van der Waals surface area (Å²) in [7, 11) is 0. The Morgan fingerprint density at radius 3 is 2.87 bits per heavy atom. The van der Waals surface area contributed by atoms with Crippen LogP contribution >= 0.6 is 0 Å². The minimum absolute atomic E-state index is 0.0907. The molecule has 0 fully saturated rings. The van der Waals surface area contributed by atoms with Crippen LogP contribution in [0.3, 0.4) is 0 Å². The molecule has 1 aromatic rings. The number of hydrogen-bond donors (Lipinski definition) is 2. The lowest BCUT2D eigenvalue weighted by atomic mass is 10.3. The molecule has 1 heterocycles. The summed E-state index contributed by atoms with van der Waals surface area (Å²) in [6.07, 6.45) is 4.43. The fourth-order valence-electron chi connectivity index (χ4n) is 1.38. The molecule has 0 aliphatic heterocycles. The lowest BCUT2D eigenvalue weighted by molar-refractivity contribution is -0.121. The molecule has 0 atom stereocenters. The van der Waals surface area contributed by atoms with Gasteiger partial charge in [-0.05, 0) is 25.5 Å². The number of nitrogens with one attached hydrogen (secondary N) is 1. The van der Waals surface area contributed by atoms with Gasteiger partial charge in [0.25, 0.3) is 0 Å². The molecule has 0 aliphatic rings. The topological polar surface area (TPSA) is 60.0 Å². The van der Waals surface area contributed by atoms with Crippen LogP contribution < -0.4 is 11.1 Å². The lowest BCUT2D eigenvalue weighted by Crippen LogP contribution is -2.30. The van der Waals surface area contributed by atoms with Gasteiger partial charge in [-0.3, -0.25) is 4.79 Å². The number of hydrogen-bond acceptors (Lipinski definition) is 2. The van der Waals surface area contributed by atoms with Crippen LogP contribution in [0, 0.1) is 0 Å². The Morgan fingerprint density at radius 1 is 1.60 bits per heavy atom. The van der Waals surface area contributed by atoms with Gasteiger partial charge in [-0.15, -0.1) is 0 Å². The third-order valence-corrected chi connectivity index (χ3v) is 2.09. The molecule has 84 valence electrons. The van der Waals surface area contributed by atoms with Crippen molar-refractivity contribution < 1.29 is 4.79 Å². The number of aromatic nitrogens is 1. The molecule has 4 heteroatoms. The Labute approximate surface area is 90.5 Å². The Hall–Kier alpha value is -1.29. The summed E-state index contributed by atoms with van der Waals surface area (Å²) in [5.41, 5.74) is 6.59. The van der Waals surface area contributed by atoms with Gasteiger partial charge in [-0.25, -0.2) is 0 Å². The van der Waals surface area contributed by atoms with Gasteiger partial charge in [0.2, 0.25) is 5.91 Å². The molecule has 0 unspecified atom stereocenters. The minimum atomic E-state index is 0.0907. The fraction of sp³-hybridized carbons (Fsp3) is 0.545. The molecular weight excluding hydrogens is 190 g/mol. The molecule has 3 N–H and O–H groups in total. The predicted octanol–water partition coefficient (Wildman–Crippen LogP) is 0.861. The first-order valence-corrected chi connectivity index (χ1v) is 5.26. The summed E-state index contributed by atoms with van der Waals surface area (Å²) < 4.78 is 1.99. The monoisotopic (exact) mass is 209 g/mol. The van der Waals surface area contributed by atoms with Crippen molar-refractivity contribution in [1.29, 1.82) is 0 Å². The number of nitrogens with two attached hydrogens (primary N) is 1. The second-order valence-electron chi connectivity index (χ2n) is 3.93. The second kappa shape index (κ2) is 5.56. The maximum Gasteiger partial charge on any atom is 0.221 e. The van der Waals surface area contributed by atoms with Crippen LogP contribution in [0.5, 0.6) is 0 Å². The van der Waals surface area contributed by atoms with E-state index in [9.17, 15) is 4.79 Å². The minimum Gasteiger partial charge on any atom is -0.354 e. The van der Waals surface area contributed by atoms with E-state index in [0.717, 1.165) is 5.56 Å². The van der Waals surface area contributed by atoms with E-state index in [1.807, 2.05) is 36.9 Å². The zero-order valence-corrected chi connectivity index (χ0v) is 9.36. The molecule has 1 aromatic heterocycles. The van der Waals surface area contributed by atoms with Crippen molar-refractivity contribution in [2.45, 2.75) is 39.4 Å². The highest BCUT2D eigenvalue weighted by Gasteiger charge is 2.03. The van der Waals surface area contributed by atoms with E-state index in [4.69, 9.17) is 5.73 Å². The highest BCUT2D eigenvalue weighted by atomic mass is 16.1. The van der Waals surface area contributed by atoms with Gasteiger partial charge in [0, 0.05) is 37.9 Å². The third-order valence-electron chi connectivity index (χ3n) is 2.09. The molecule has 0 saturated heterocycles.